The van der Waals surface area contributed by atoms with E-state index in [1.54, 1.807) is 23.7 Å². The van der Waals surface area contributed by atoms with Crippen LogP contribution in [0.3, 0.4) is 0 Å². The number of thioether (sulfide) groups is 1. The van der Waals surface area contributed by atoms with Gasteiger partial charge in [0.2, 0.25) is 0 Å². The van der Waals surface area contributed by atoms with Crippen molar-refractivity contribution in [2.24, 2.45) is 0 Å². The van der Waals surface area contributed by atoms with Crippen molar-refractivity contribution in [1.82, 2.24) is 9.96 Å². The maximum atomic E-state index is 13.3. The van der Waals surface area contributed by atoms with Gasteiger partial charge in [-0.1, -0.05) is 91.0 Å². The van der Waals surface area contributed by atoms with Crippen molar-refractivity contribution >= 4 is 23.8 Å². The van der Waals surface area contributed by atoms with Gasteiger partial charge in [-0.3, -0.25) is 14.5 Å². The van der Waals surface area contributed by atoms with Crippen LogP contribution in [0.25, 0.3) is 0 Å². The van der Waals surface area contributed by atoms with Gasteiger partial charge in [-0.05, 0) is 43.9 Å². The average molecular weight is 533 g/mol. The number of hydrogen-bond donors (Lipinski definition) is 0. The van der Waals surface area contributed by atoms with E-state index < -0.39 is 22.5 Å². The first-order chi connectivity index (χ1) is 18.2. The largest absolute Gasteiger partial charge is 0.444 e. The minimum atomic E-state index is -0.688. The summed E-state index contributed by atoms with van der Waals surface area (Å²) in [6.45, 7) is 5.87. The molecule has 200 valence electrons. The van der Waals surface area contributed by atoms with E-state index in [0.29, 0.717) is 13.0 Å². The van der Waals surface area contributed by atoms with Crippen LogP contribution in [0.5, 0.6) is 0 Å². The Balaban J connectivity index is 1.79. The van der Waals surface area contributed by atoms with Crippen molar-refractivity contribution in [1.29, 1.82) is 0 Å². The molecule has 0 aromatic heterocycles. The third kappa shape index (κ3) is 5.89. The highest BCUT2D eigenvalue weighted by atomic mass is 32.2. The standard InChI is InChI=1S/C31H36N2O4S/c1-30(2,3)37-29(35)33-22-26(21-27(33)28(34)32(4)36-5)38-31(23-15-9-6-10-16-23,24-17-11-7-12-18-24)25-19-13-8-14-20-25/h6-20,26-27H,21-22H2,1-5H3. The molecule has 2 atom stereocenters. The molecule has 1 heterocycles. The lowest BCUT2D eigenvalue weighted by atomic mass is 9.84. The van der Waals surface area contributed by atoms with Crippen LogP contribution in [0.4, 0.5) is 4.79 Å². The van der Waals surface area contributed by atoms with Crippen LogP contribution in [-0.4, -0.2) is 59.6 Å². The number of benzene rings is 3. The lowest BCUT2D eigenvalue weighted by molar-refractivity contribution is -0.173. The molecule has 4 rings (SSSR count). The van der Waals surface area contributed by atoms with Crippen molar-refractivity contribution in [3.05, 3.63) is 108 Å². The highest BCUT2D eigenvalue weighted by Crippen LogP contribution is 2.52. The van der Waals surface area contributed by atoms with Gasteiger partial charge in [0.25, 0.3) is 5.91 Å². The van der Waals surface area contributed by atoms with Crippen molar-refractivity contribution in [2.45, 2.75) is 48.8 Å². The Kier molecular flexibility index (Phi) is 8.48. The Morgan fingerprint density at radius 3 is 1.68 bits per heavy atom. The van der Waals surface area contributed by atoms with Crippen molar-refractivity contribution in [3.63, 3.8) is 0 Å². The molecule has 6 nitrogen and oxygen atoms in total. The van der Waals surface area contributed by atoms with Gasteiger partial charge >= 0.3 is 6.09 Å². The minimum absolute atomic E-state index is 0.0534. The molecular weight excluding hydrogens is 496 g/mol. The van der Waals surface area contributed by atoms with E-state index in [0.717, 1.165) is 16.7 Å². The normalized spacial score (nSPS) is 17.8. The maximum absolute atomic E-state index is 13.3. The predicted octanol–water partition coefficient (Wildman–Crippen LogP) is 6.11. The molecule has 3 aromatic rings. The first-order valence-corrected chi connectivity index (χ1v) is 13.7. The Morgan fingerprint density at radius 2 is 1.29 bits per heavy atom. The first kappa shape index (κ1) is 27.7. The van der Waals surface area contributed by atoms with E-state index in [1.807, 2.05) is 39.0 Å². The van der Waals surface area contributed by atoms with Crippen LogP contribution in [-0.2, 0) is 19.1 Å². The topological polar surface area (TPSA) is 59.1 Å². The number of nitrogens with zero attached hydrogens (tertiary/aromatic N) is 2. The molecule has 2 unspecified atom stereocenters. The zero-order valence-electron chi connectivity index (χ0n) is 22.7. The monoisotopic (exact) mass is 532 g/mol. The predicted molar refractivity (Wildman–Crippen MR) is 152 cm³/mol. The molecule has 0 N–H and O–H groups in total. The maximum Gasteiger partial charge on any atom is 0.411 e. The summed E-state index contributed by atoms with van der Waals surface area (Å²) in [7, 11) is 3.01. The molecule has 0 aliphatic carbocycles. The van der Waals surface area contributed by atoms with Crippen LogP contribution in [0.15, 0.2) is 91.0 Å². The van der Waals surface area contributed by atoms with Gasteiger partial charge in [-0.2, -0.15) is 0 Å². The van der Waals surface area contributed by atoms with Gasteiger partial charge in [-0.25, -0.2) is 9.86 Å². The zero-order valence-corrected chi connectivity index (χ0v) is 23.5. The van der Waals surface area contributed by atoms with E-state index in [4.69, 9.17) is 9.57 Å². The fourth-order valence-electron chi connectivity index (χ4n) is 4.91. The number of likely N-dealkylation sites (N-methyl/N-ethyl adjacent to an activating group) is 1. The van der Waals surface area contributed by atoms with Crippen LogP contribution >= 0.6 is 11.8 Å². The highest BCUT2D eigenvalue weighted by Gasteiger charge is 2.47. The van der Waals surface area contributed by atoms with Crippen LogP contribution in [0.1, 0.15) is 43.9 Å². The van der Waals surface area contributed by atoms with E-state index in [9.17, 15) is 9.59 Å². The number of ether oxygens (including phenoxy) is 1. The molecule has 0 saturated carbocycles. The van der Waals surface area contributed by atoms with Crippen LogP contribution in [0, 0.1) is 0 Å². The smallest absolute Gasteiger partial charge is 0.411 e. The summed E-state index contributed by atoms with van der Waals surface area (Å²) in [6, 6.07) is 30.6. The molecule has 2 amide bonds. The molecule has 1 aliphatic heterocycles. The lowest BCUT2D eigenvalue weighted by Gasteiger charge is -2.37. The van der Waals surface area contributed by atoms with Crippen molar-refractivity contribution in [2.75, 3.05) is 20.7 Å². The average Bonchev–Trinajstić information content (AvgIpc) is 3.35. The Bertz CT molecular complexity index is 1120. The molecular formula is C31H36N2O4S. The van der Waals surface area contributed by atoms with Crippen LogP contribution < -0.4 is 0 Å². The SMILES string of the molecule is CON(C)C(=O)C1CC(SC(c2ccccc2)(c2ccccc2)c2ccccc2)CN1C(=O)OC(C)(C)C. The number of hydrogen-bond acceptors (Lipinski definition) is 5. The molecule has 1 fully saturated rings. The number of hydroxylamine groups is 2. The third-order valence-electron chi connectivity index (χ3n) is 6.64. The second-order valence-electron chi connectivity index (χ2n) is 10.4. The Hall–Kier alpha value is -3.29. The van der Waals surface area contributed by atoms with Crippen molar-refractivity contribution < 1.29 is 19.2 Å². The highest BCUT2D eigenvalue weighted by molar-refractivity contribution is 8.01. The van der Waals surface area contributed by atoms with Gasteiger partial charge in [-0.15, -0.1) is 11.8 Å². The molecule has 3 aromatic carbocycles. The number of carbonyl (C=O) groups is 2. The summed E-state index contributed by atoms with van der Waals surface area (Å²) < 4.78 is 5.16. The van der Waals surface area contributed by atoms with E-state index in [2.05, 4.69) is 72.8 Å². The Labute approximate surface area is 229 Å². The van der Waals surface area contributed by atoms with Gasteiger partial charge in [0.05, 0.1) is 11.9 Å². The fraction of sp³-hybridized carbons (Fsp3) is 0.355. The zero-order chi connectivity index (χ0) is 27.3. The van der Waals surface area contributed by atoms with E-state index in [-0.39, 0.29) is 11.2 Å². The number of rotatable bonds is 7. The molecule has 7 heteroatoms. The van der Waals surface area contributed by atoms with Gasteiger partial charge in [0.15, 0.2) is 0 Å². The molecule has 0 radical (unpaired) electrons. The molecule has 38 heavy (non-hydrogen) atoms. The van der Waals surface area contributed by atoms with Gasteiger partial charge < -0.3 is 4.74 Å². The quantitative estimate of drug-likeness (QED) is 0.271. The van der Waals surface area contributed by atoms with E-state index >= 15 is 0 Å². The summed E-state index contributed by atoms with van der Waals surface area (Å²) in [5.74, 6) is -0.272. The molecule has 1 saturated heterocycles. The second kappa shape index (κ2) is 11.6. The molecule has 1 aliphatic rings. The summed E-state index contributed by atoms with van der Waals surface area (Å²) in [4.78, 5) is 33.4. The van der Waals surface area contributed by atoms with Crippen LogP contribution in [0.2, 0.25) is 0 Å². The fourth-order valence-corrected chi connectivity index (χ4v) is 6.74. The summed E-state index contributed by atoms with van der Waals surface area (Å²) in [5, 5.41) is 1.14. The van der Waals surface area contributed by atoms with Gasteiger partial charge in [0, 0.05) is 18.8 Å². The molecule has 0 spiro atoms. The number of carbonyl (C=O) groups excluding carboxylic acids is 2. The van der Waals surface area contributed by atoms with E-state index in [1.165, 1.54) is 12.2 Å². The summed E-state index contributed by atoms with van der Waals surface area (Å²) in [5.41, 5.74) is 2.73. The van der Waals surface area contributed by atoms with Gasteiger partial charge in [0.1, 0.15) is 11.6 Å². The summed E-state index contributed by atoms with van der Waals surface area (Å²) >= 11 is 1.78. The lowest BCUT2D eigenvalue weighted by Crippen LogP contribution is -2.47. The first-order valence-electron chi connectivity index (χ1n) is 12.8. The Morgan fingerprint density at radius 1 is 0.842 bits per heavy atom. The number of likely N-dealkylation sites (tertiary alicyclic amines) is 1. The molecule has 0 bridgehead atoms. The number of amides is 2. The minimum Gasteiger partial charge on any atom is -0.444 e. The second-order valence-corrected chi connectivity index (χ2v) is 11.9. The summed E-state index contributed by atoms with van der Waals surface area (Å²) in [6.07, 6.45) is -0.0155. The third-order valence-corrected chi connectivity index (χ3v) is 8.38. The van der Waals surface area contributed by atoms with Crippen molar-refractivity contribution in [3.8, 4) is 0 Å².